The minimum atomic E-state index is -0.723. The molecule has 3 aromatic rings. The number of fused-ring (bicyclic) bond motifs is 2. The van der Waals surface area contributed by atoms with Crippen molar-refractivity contribution < 1.29 is 19.2 Å². The van der Waals surface area contributed by atoms with Crippen molar-refractivity contribution in [2.24, 2.45) is 0 Å². The van der Waals surface area contributed by atoms with Crippen molar-refractivity contribution in [1.29, 1.82) is 0 Å². The van der Waals surface area contributed by atoms with E-state index >= 15 is 0 Å². The van der Waals surface area contributed by atoms with E-state index in [1.807, 2.05) is 30.3 Å². The number of amides is 3. The fourth-order valence-electron chi connectivity index (χ4n) is 4.32. The van der Waals surface area contributed by atoms with E-state index in [1.165, 1.54) is 16.2 Å². The van der Waals surface area contributed by atoms with Crippen LogP contribution in [0.25, 0.3) is 0 Å². The molecule has 0 atom stereocenters. The number of carbonyl (C=O) groups is 4. The SMILES string of the molecule is O=C(CN1C(=O)C(=O)c2ccccc21)Nc1sc2c(c1C(=O)Nc1ccccc1)CCCC2. The molecule has 0 spiro atoms. The number of nitrogens with one attached hydrogen (secondary N) is 2. The van der Waals surface area contributed by atoms with Gasteiger partial charge in [0.25, 0.3) is 17.6 Å². The highest BCUT2D eigenvalue weighted by atomic mass is 32.1. The number of rotatable bonds is 5. The van der Waals surface area contributed by atoms with Crippen LogP contribution in [0.3, 0.4) is 0 Å². The number of hydrogen-bond acceptors (Lipinski definition) is 5. The number of ketones is 1. The summed E-state index contributed by atoms with van der Waals surface area (Å²) in [5.41, 5.74) is 2.86. The molecule has 2 N–H and O–H groups in total. The Balaban J connectivity index is 1.40. The second kappa shape index (κ2) is 8.63. The van der Waals surface area contributed by atoms with E-state index in [1.54, 1.807) is 24.3 Å². The molecule has 0 bridgehead atoms. The van der Waals surface area contributed by atoms with E-state index < -0.39 is 17.6 Å². The number of Topliss-reactive ketones (excluding diaryl/α,β-unsaturated/α-hetero) is 1. The number of thiophene rings is 1. The van der Waals surface area contributed by atoms with Crippen LogP contribution in [0.1, 0.15) is 44.0 Å². The van der Waals surface area contributed by atoms with Crippen molar-refractivity contribution in [1.82, 2.24) is 0 Å². The van der Waals surface area contributed by atoms with Crippen molar-refractivity contribution in [3.8, 4) is 0 Å². The Kier molecular flexibility index (Phi) is 5.51. The molecule has 5 rings (SSSR count). The van der Waals surface area contributed by atoms with Crippen LogP contribution >= 0.6 is 11.3 Å². The van der Waals surface area contributed by atoms with Crippen LogP contribution in [0, 0.1) is 0 Å². The van der Waals surface area contributed by atoms with Gasteiger partial charge in [-0.15, -0.1) is 11.3 Å². The lowest BCUT2D eigenvalue weighted by Gasteiger charge is -2.16. The minimum absolute atomic E-state index is 0.270. The highest BCUT2D eigenvalue weighted by Crippen LogP contribution is 2.39. The lowest BCUT2D eigenvalue weighted by molar-refractivity contribution is -0.118. The van der Waals surface area contributed by atoms with E-state index in [0.717, 1.165) is 36.1 Å². The molecule has 0 radical (unpaired) electrons. The van der Waals surface area contributed by atoms with Crippen molar-refractivity contribution in [2.45, 2.75) is 25.7 Å². The normalized spacial score (nSPS) is 14.6. The van der Waals surface area contributed by atoms with Gasteiger partial charge in [0, 0.05) is 10.6 Å². The van der Waals surface area contributed by atoms with E-state index in [2.05, 4.69) is 10.6 Å². The topological polar surface area (TPSA) is 95.6 Å². The number of nitrogens with zero attached hydrogens (tertiary/aromatic N) is 1. The number of carbonyl (C=O) groups excluding carboxylic acids is 4. The van der Waals surface area contributed by atoms with Crippen LogP contribution in [-0.4, -0.2) is 30.0 Å². The average molecular weight is 460 g/mol. The zero-order valence-electron chi connectivity index (χ0n) is 17.7. The number of para-hydroxylation sites is 2. The summed E-state index contributed by atoms with van der Waals surface area (Å²) >= 11 is 1.41. The fourth-order valence-corrected chi connectivity index (χ4v) is 5.63. The molecule has 2 aliphatic rings. The minimum Gasteiger partial charge on any atom is -0.322 e. The highest BCUT2D eigenvalue weighted by Gasteiger charge is 2.37. The largest absolute Gasteiger partial charge is 0.322 e. The number of aryl methyl sites for hydroxylation is 1. The molecule has 1 aliphatic carbocycles. The molecular weight excluding hydrogens is 438 g/mol. The maximum atomic E-state index is 13.2. The third kappa shape index (κ3) is 3.93. The highest BCUT2D eigenvalue weighted by molar-refractivity contribution is 7.17. The molecule has 2 heterocycles. The summed E-state index contributed by atoms with van der Waals surface area (Å²) in [7, 11) is 0. The summed E-state index contributed by atoms with van der Waals surface area (Å²) < 4.78 is 0. The van der Waals surface area contributed by atoms with Gasteiger partial charge >= 0.3 is 0 Å². The Morgan fingerprint density at radius 3 is 2.45 bits per heavy atom. The van der Waals surface area contributed by atoms with Crippen LogP contribution in [-0.2, 0) is 22.4 Å². The lowest BCUT2D eigenvalue weighted by Crippen LogP contribution is -2.37. The molecule has 1 aromatic heterocycles. The van der Waals surface area contributed by atoms with E-state index in [9.17, 15) is 19.2 Å². The van der Waals surface area contributed by atoms with Gasteiger partial charge in [0.05, 0.1) is 16.8 Å². The average Bonchev–Trinajstić information content (AvgIpc) is 3.30. The maximum absolute atomic E-state index is 13.2. The first-order valence-electron chi connectivity index (χ1n) is 10.8. The second-order valence-electron chi connectivity index (χ2n) is 8.02. The fraction of sp³-hybridized carbons (Fsp3) is 0.200. The molecule has 2 aromatic carbocycles. The molecule has 0 saturated heterocycles. The molecule has 166 valence electrons. The third-order valence-electron chi connectivity index (χ3n) is 5.86. The Bertz CT molecular complexity index is 1280. The number of benzene rings is 2. The predicted molar refractivity (Wildman–Crippen MR) is 127 cm³/mol. The first kappa shape index (κ1) is 21.1. The molecule has 33 heavy (non-hydrogen) atoms. The summed E-state index contributed by atoms with van der Waals surface area (Å²) in [5, 5.41) is 6.23. The van der Waals surface area contributed by atoms with Gasteiger partial charge in [-0.1, -0.05) is 30.3 Å². The standard InChI is InChI=1S/C25H21N3O4S/c29-20(14-28-18-12-6-4-10-16(18)22(30)25(28)32)27-24-21(17-11-5-7-13-19(17)33-24)23(31)26-15-8-2-1-3-9-15/h1-4,6,8-10,12H,5,7,11,13-14H2,(H,26,31)(H,27,29). The van der Waals surface area contributed by atoms with E-state index in [4.69, 9.17) is 0 Å². The first-order valence-corrected chi connectivity index (χ1v) is 11.6. The van der Waals surface area contributed by atoms with Gasteiger partial charge in [0.2, 0.25) is 5.91 Å². The summed E-state index contributed by atoms with van der Waals surface area (Å²) in [5.74, 6) is -2.07. The van der Waals surface area contributed by atoms with Crippen LogP contribution in [0.2, 0.25) is 0 Å². The van der Waals surface area contributed by atoms with E-state index in [0.29, 0.717) is 27.5 Å². The third-order valence-corrected chi connectivity index (χ3v) is 7.07. The van der Waals surface area contributed by atoms with Gasteiger partial charge < -0.3 is 10.6 Å². The number of hydrogen-bond donors (Lipinski definition) is 2. The zero-order valence-corrected chi connectivity index (χ0v) is 18.5. The zero-order chi connectivity index (χ0) is 22.9. The Hall–Kier alpha value is -3.78. The smallest absolute Gasteiger partial charge is 0.299 e. The molecular formula is C25H21N3O4S. The first-order chi connectivity index (χ1) is 16.0. The second-order valence-corrected chi connectivity index (χ2v) is 9.13. The number of anilines is 3. The quantitative estimate of drug-likeness (QED) is 0.563. The Morgan fingerprint density at radius 2 is 1.64 bits per heavy atom. The lowest BCUT2D eigenvalue weighted by atomic mass is 9.95. The van der Waals surface area contributed by atoms with Crippen LogP contribution in [0.15, 0.2) is 54.6 Å². The molecule has 7 nitrogen and oxygen atoms in total. The summed E-state index contributed by atoms with van der Waals surface area (Å²) in [6.45, 7) is -0.302. The van der Waals surface area contributed by atoms with Gasteiger partial charge in [-0.25, -0.2) is 0 Å². The summed E-state index contributed by atoms with van der Waals surface area (Å²) in [6.07, 6.45) is 3.69. The molecule has 0 unspecified atom stereocenters. The van der Waals surface area contributed by atoms with Crippen molar-refractivity contribution in [2.75, 3.05) is 22.1 Å². The predicted octanol–water partition coefficient (Wildman–Crippen LogP) is 4.05. The van der Waals surface area contributed by atoms with Crippen molar-refractivity contribution in [3.63, 3.8) is 0 Å². The summed E-state index contributed by atoms with van der Waals surface area (Å²) in [4.78, 5) is 53.1. The van der Waals surface area contributed by atoms with Gasteiger partial charge in [0.1, 0.15) is 11.5 Å². The molecule has 0 fully saturated rings. The molecule has 8 heteroatoms. The molecule has 1 aliphatic heterocycles. The van der Waals surface area contributed by atoms with Crippen molar-refractivity contribution >= 4 is 51.2 Å². The van der Waals surface area contributed by atoms with Gasteiger partial charge in [-0.3, -0.25) is 24.1 Å². The Labute approximate surface area is 194 Å². The van der Waals surface area contributed by atoms with Gasteiger partial charge in [-0.2, -0.15) is 0 Å². The maximum Gasteiger partial charge on any atom is 0.299 e. The van der Waals surface area contributed by atoms with Crippen molar-refractivity contribution in [3.05, 3.63) is 76.2 Å². The van der Waals surface area contributed by atoms with Crippen LogP contribution < -0.4 is 15.5 Å². The molecule has 3 amide bonds. The monoisotopic (exact) mass is 459 g/mol. The van der Waals surface area contributed by atoms with Crippen LogP contribution in [0.4, 0.5) is 16.4 Å². The van der Waals surface area contributed by atoms with Gasteiger partial charge in [-0.05, 0) is 55.5 Å². The van der Waals surface area contributed by atoms with E-state index in [-0.39, 0.29) is 12.5 Å². The van der Waals surface area contributed by atoms with Crippen LogP contribution in [0.5, 0.6) is 0 Å². The summed E-state index contributed by atoms with van der Waals surface area (Å²) in [6, 6.07) is 15.8. The molecule has 0 saturated carbocycles. The Morgan fingerprint density at radius 1 is 0.909 bits per heavy atom. The van der Waals surface area contributed by atoms with Gasteiger partial charge in [0.15, 0.2) is 0 Å².